The molecule has 138 valence electrons. The summed E-state index contributed by atoms with van der Waals surface area (Å²) in [6, 6.07) is 17.9. The average molecular weight is 383 g/mol. The number of nitrogens with zero attached hydrogens (tertiary/aromatic N) is 1. The molecule has 0 saturated heterocycles. The molecule has 0 aliphatic rings. The van der Waals surface area contributed by atoms with E-state index in [4.69, 9.17) is 0 Å². The number of benzene rings is 3. The molecule has 3 rings (SSSR count). The molecule has 0 unspecified atom stereocenters. The molecule has 1 amide bonds. The molecule has 3 aromatic carbocycles. The topological polar surface area (TPSA) is 54.5 Å². The number of carbonyl (C=O) groups is 1. The van der Waals surface area contributed by atoms with Crippen LogP contribution in [-0.4, -0.2) is 14.3 Å². The van der Waals surface area contributed by atoms with Gasteiger partial charge in [-0.2, -0.15) is 4.31 Å². The Bertz CT molecular complexity index is 1100. The molecule has 0 bridgehead atoms. The van der Waals surface area contributed by atoms with Crippen molar-refractivity contribution in [2.75, 3.05) is 4.31 Å². The summed E-state index contributed by atoms with van der Waals surface area (Å²) in [7, 11) is -4.19. The first-order valence-electron chi connectivity index (χ1n) is 8.28. The van der Waals surface area contributed by atoms with Gasteiger partial charge < -0.3 is 0 Å². The molecule has 0 aromatic heterocycles. The third kappa shape index (κ3) is 3.75. The van der Waals surface area contributed by atoms with E-state index in [1.54, 1.807) is 37.3 Å². The van der Waals surface area contributed by atoms with E-state index in [-0.39, 0.29) is 16.1 Å². The van der Waals surface area contributed by atoms with Crippen molar-refractivity contribution in [1.82, 2.24) is 0 Å². The van der Waals surface area contributed by atoms with Gasteiger partial charge in [0.05, 0.1) is 10.6 Å². The normalized spacial score (nSPS) is 11.2. The van der Waals surface area contributed by atoms with Crippen LogP contribution in [0.1, 0.15) is 21.5 Å². The third-order valence-electron chi connectivity index (χ3n) is 4.12. The molecule has 6 heteroatoms. The van der Waals surface area contributed by atoms with Gasteiger partial charge in [-0.3, -0.25) is 4.79 Å². The smallest absolute Gasteiger partial charge is 0.268 e. The van der Waals surface area contributed by atoms with Gasteiger partial charge in [-0.15, -0.1) is 0 Å². The van der Waals surface area contributed by atoms with Crippen molar-refractivity contribution in [3.05, 3.63) is 95.3 Å². The molecule has 4 nitrogen and oxygen atoms in total. The first kappa shape index (κ1) is 18.8. The first-order valence-corrected chi connectivity index (χ1v) is 9.72. The van der Waals surface area contributed by atoms with E-state index in [9.17, 15) is 17.6 Å². The number of halogens is 1. The van der Waals surface area contributed by atoms with E-state index < -0.39 is 21.7 Å². The van der Waals surface area contributed by atoms with Crippen LogP contribution in [0.25, 0.3) is 0 Å². The number of rotatable bonds is 4. The van der Waals surface area contributed by atoms with Crippen molar-refractivity contribution >= 4 is 21.6 Å². The molecule has 0 spiro atoms. The summed E-state index contributed by atoms with van der Waals surface area (Å²) in [6.45, 7) is 3.53. The Hall–Kier alpha value is -2.99. The van der Waals surface area contributed by atoms with E-state index in [2.05, 4.69) is 0 Å². The van der Waals surface area contributed by atoms with Crippen LogP contribution in [0.2, 0.25) is 0 Å². The third-order valence-corrected chi connectivity index (χ3v) is 5.83. The summed E-state index contributed by atoms with van der Waals surface area (Å²) in [5, 5.41) is 0. The predicted molar refractivity (Wildman–Crippen MR) is 103 cm³/mol. The molecule has 0 radical (unpaired) electrons. The minimum atomic E-state index is -4.19. The summed E-state index contributed by atoms with van der Waals surface area (Å²) < 4.78 is 41.0. The number of sulfonamides is 1. The Labute approximate surface area is 157 Å². The summed E-state index contributed by atoms with van der Waals surface area (Å²) in [5.41, 5.74) is 1.62. The minimum Gasteiger partial charge on any atom is -0.268 e. The van der Waals surface area contributed by atoms with Gasteiger partial charge in [0, 0.05) is 5.56 Å². The zero-order valence-corrected chi connectivity index (χ0v) is 15.7. The maximum Gasteiger partial charge on any atom is 0.272 e. The second kappa shape index (κ2) is 7.32. The molecule has 0 N–H and O–H groups in total. The Kier molecular flexibility index (Phi) is 5.10. The Morgan fingerprint density at radius 3 is 2.26 bits per heavy atom. The highest BCUT2D eigenvalue weighted by Gasteiger charge is 2.33. The van der Waals surface area contributed by atoms with Crippen molar-refractivity contribution in [1.29, 1.82) is 0 Å². The van der Waals surface area contributed by atoms with Crippen LogP contribution < -0.4 is 4.31 Å². The summed E-state index contributed by atoms with van der Waals surface area (Å²) in [6.07, 6.45) is 0. The second-order valence-corrected chi connectivity index (χ2v) is 7.97. The van der Waals surface area contributed by atoms with Gasteiger partial charge in [-0.1, -0.05) is 36.4 Å². The van der Waals surface area contributed by atoms with E-state index in [0.717, 1.165) is 15.9 Å². The molecular weight excluding hydrogens is 365 g/mol. The maximum absolute atomic E-state index is 13.6. The lowest BCUT2D eigenvalue weighted by Gasteiger charge is -2.24. The lowest BCUT2D eigenvalue weighted by Crippen LogP contribution is -2.37. The highest BCUT2D eigenvalue weighted by atomic mass is 32.2. The molecule has 0 fully saturated rings. The quantitative estimate of drug-likeness (QED) is 0.668. The fourth-order valence-corrected chi connectivity index (χ4v) is 4.21. The molecule has 3 aromatic rings. The van der Waals surface area contributed by atoms with Gasteiger partial charge in [0.25, 0.3) is 15.9 Å². The number of aryl methyl sites for hydroxylation is 2. The van der Waals surface area contributed by atoms with Crippen LogP contribution in [0.3, 0.4) is 0 Å². The van der Waals surface area contributed by atoms with Crippen LogP contribution in [0.5, 0.6) is 0 Å². The SMILES string of the molecule is Cc1ccc(C)c(N(C(=O)c2cccc(F)c2)S(=O)(=O)c2ccccc2)c1. The second-order valence-electron chi connectivity index (χ2n) is 6.19. The number of anilines is 1. The Balaban J connectivity index is 2.24. The van der Waals surface area contributed by atoms with Crippen molar-refractivity contribution in [2.24, 2.45) is 0 Å². The predicted octanol–water partition coefficient (Wildman–Crippen LogP) is 4.48. The van der Waals surface area contributed by atoms with Crippen molar-refractivity contribution in [2.45, 2.75) is 18.7 Å². The number of hydrogen-bond donors (Lipinski definition) is 0. The van der Waals surface area contributed by atoms with Crippen LogP contribution in [-0.2, 0) is 10.0 Å². The largest absolute Gasteiger partial charge is 0.272 e. The zero-order valence-electron chi connectivity index (χ0n) is 14.9. The van der Waals surface area contributed by atoms with Crippen molar-refractivity contribution in [3.8, 4) is 0 Å². The maximum atomic E-state index is 13.6. The van der Waals surface area contributed by atoms with Crippen molar-refractivity contribution < 1.29 is 17.6 Å². The fourth-order valence-electron chi connectivity index (χ4n) is 2.72. The molecule has 27 heavy (non-hydrogen) atoms. The van der Waals surface area contributed by atoms with Crippen molar-refractivity contribution in [3.63, 3.8) is 0 Å². The van der Waals surface area contributed by atoms with Crippen LogP contribution in [0.4, 0.5) is 10.1 Å². The van der Waals surface area contributed by atoms with Crippen LogP contribution >= 0.6 is 0 Å². The number of amides is 1. The van der Waals surface area contributed by atoms with E-state index in [1.165, 1.54) is 30.3 Å². The van der Waals surface area contributed by atoms with Crippen LogP contribution in [0.15, 0.2) is 77.7 Å². The number of carbonyl (C=O) groups excluding carboxylic acids is 1. The van der Waals surface area contributed by atoms with E-state index >= 15 is 0 Å². The van der Waals surface area contributed by atoms with Gasteiger partial charge in [-0.05, 0) is 61.4 Å². The molecule has 0 atom stereocenters. The van der Waals surface area contributed by atoms with Gasteiger partial charge in [-0.25, -0.2) is 12.8 Å². The van der Waals surface area contributed by atoms with Crippen LogP contribution in [0, 0.1) is 19.7 Å². The molecule has 0 heterocycles. The monoisotopic (exact) mass is 383 g/mol. The van der Waals surface area contributed by atoms with Gasteiger partial charge in [0.1, 0.15) is 5.82 Å². The molecule has 0 aliphatic heterocycles. The number of hydrogen-bond acceptors (Lipinski definition) is 3. The highest BCUT2D eigenvalue weighted by Crippen LogP contribution is 2.29. The lowest BCUT2D eigenvalue weighted by atomic mass is 10.1. The van der Waals surface area contributed by atoms with Gasteiger partial charge in [0.2, 0.25) is 0 Å². The Morgan fingerprint density at radius 1 is 0.889 bits per heavy atom. The van der Waals surface area contributed by atoms with E-state index in [0.29, 0.717) is 5.56 Å². The summed E-state index contributed by atoms with van der Waals surface area (Å²) >= 11 is 0. The highest BCUT2D eigenvalue weighted by molar-refractivity contribution is 7.93. The Morgan fingerprint density at radius 2 is 1.59 bits per heavy atom. The van der Waals surface area contributed by atoms with Gasteiger partial charge >= 0.3 is 0 Å². The summed E-state index contributed by atoms with van der Waals surface area (Å²) in [5.74, 6) is -1.43. The molecular formula is C21H18FNO3S. The molecule has 0 saturated carbocycles. The van der Waals surface area contributed by atoms with E-state index in [1.807, 2.05) is 13.0 Å². The van der Waals surface area contributed by atoms with Gasteiger partial charge in [0.15, 0.2) is 0 Å². The lowest BCUT2D eigenvalue weighted by molar-refractivity contribution is 0.100. The summed E-state index contributed by atoms with van der Waals surface area (Å²) in [4.78, 5) is 13.1. The standard InChI is InChI=1S/C21H18FNO3S/c1-15-11-12-16(2)20(13-15)23(21(24)17-7-6-8-18(22)14-17)27(25,26)19-9-4-3-5-10-19/h3-14H,1-2H3. The molecule has 0 aliphatic carbocycles. The fraction of sp³-hybridized carbons (Fsp3) is 0.0952. The minimum absolute atomic E-state index is 0.0179. The first-order chi connectivity index (χ1) is 12.8. The zero-order chi connectivity index (χ0) is 19.6. The average Bonchev–Trinajstić information content (AvgIpc) is 2.65.